The van der Waals surface area contributed by atoms with E-state index in [1.807, 2.05) is 54.6 Å². The molecule has 0 bridgehead atoms. The number of carbonyl (C=O) groups is 1. The molecule has 2 rings (SSSR count). The zero-order chi connectivity index (χ0) is 14.9. The Labute approximate surface area is 134 Å². The Morgan fingerprint density at radius 3 is 2.48 bits per heavy atom. The predicted molar refractivity (Wildman–Crippen MR) is 89.7 cm³/mol. The summed E-state index contributed by atoms with van der Waals surface area (Å²) in [7, 11) is 0. The van der Waals surface area contributed by atoms with Crippen molar-refractivity contribution in [3.05, 3.63) is 65.2 Å². The number of rotatable bonds is 7. The number of benzene rings is 2. The molecule has 0 saturated carbocycles. The van der Waals surface area contributed by atoms with Crippen molar-refractivity contribution in [1.82, 2.24) is 5.32 Å². The molecule has 2 nitrogen and oxygen atoms in total. The van der Waals surface area contributed by atoms with Gasteiger partial charge in [0.25, 0.3) is 0 Å². The second-order valence-electron chi connectivity index (χ2n) is 4.67. The molecule has 2 aromatic carbocycles. The lowest BCUT2D eigenvalue weighted by Crippen LogP contribution is -2.22. The lowest BCUT2D eigenvalue weighted by molar-refractivity contribution is -0.121. The van der Waals surface area contributed by atoms with Crippen LogP contribution < -0.4 is 5.32 Å². The van der Waals surface area contributed by atoms with E-state index >= 15 is 0 Å². The van der Waals surface area contributed by atoms with Gasteiger partial charge in [-0.3, -0.25) is 4.79 Å². The van der Waals surface area contributed by atoms with E-state index < -0.39 is 0 Å². The molecule has 0 heterocycles. The Morgan fingerprint density at radius 1 is 1.05 bits per heavy atom. The van der Waals surface area contributed by atoms with Crippen LogP contribution in [-0.2, 0) is 11.3 Å². The Bertz CT molecular complexity index is 557. The van der Waals surface area contributed by atoms with Gasteiger partial charge in [0.15, 0.2) is 0 Å². The highest BCUT2D eigenvalue weighted by molar-refractivity contribution is 7.99. The third-order valence-corrected chi connectivity index (χ3v) is 4.31. The molecular weight excluding hydrogens is 302 g/mol. The number of halogens is 1. The second kappa shape index (κ2) is 8.75. The highest BCUT2D eigenvalue weighted by Crippen LogP contribution is 2.21. The van der Waals surface area contributed by atoms with E-state index in [0.717, 1.165) is 22.8 Å². The van der Waals surface area contributed by atoms with Crippen LogP contribution in [0.5, 0.6) is 0 Å². The van der Waals surface area contributed by atoms with Crippen molar-refractivity contribution in [3.63, 3.8) is 0 Å². The minimum absolute atomic E-state index is 0.107. The van der Waals surface area contributed by atoms with Gasteiger partial charge in [-0.2, -0.15) is 0 Å². The van der Waals surface area contributed by atoms with Crippen molar-refractivity contribution < 1.29 is 4.79 Å². The van der Waals surface area contributed by atoms with Crippen LogP contribution in [0.3, 0.4) is 0 Å². The molecule has 21 heavy (non-hydrogen) atoms. The van der Waals surface area contributed by atoms with E-state index in [4.69, 9.17) is 11.6 Å². The Kier molecular flexibility index (Phi) is 6.64. The fraction of sp³-hybridized carbons (Fsp3) is 0.235. The molecule has 2 aromatic rings. The van der Waals surface area contributed by atoms with Gasteiger partial charge in [-0.05, 0) is 42.0 Å². The van der Waals surface area contributed by atoms with Gasteiger partial charge < -0.3 is 5.32 Å². The highest BCUT2D eigenvalue weighted by atomic mass is 35.5. The number of carbonyl (C=O) groups excluding carboxylic acids is 1. The smallest absolute Gasteiger partial charge is 0.220 e. The summed E-state index contributed by atoms with van der Waals surface area (Å²) in [5.74, 6) is 1.04. The molecule has 110 valence electrons. The number of amides is 1. The quantitative estimate of drug-likeness (QED) is 0.600. The zero-order valence-electron chi connectivity index (χ0n) is 11.7. The normalized spacial score (nSPS) is 10.3. The summed E-state index contributed by atoms with van der Waals surface area (Å²) >= 11 is 7.58. The minimum atomic E-state index is 0.107. The molecule has 0 spiro atoms. The maximum atomic E-state index is 11.7. The number of nitrogens with one attached hydrogen (secondary N) is 1. The van der Waals surface area contributed by atoms with Crippen LogP contribution in [0.1, 0.15) is 18.4 Å². The van der Waals surface area contributed by atoms with Gasteiger partial charge in [0.05, 0.1) is 0 Å². The lowest BCUT2D eigenvalue weighted by atomic mass is 10.2. The zero-order valence-corrected chi connectivity index (χ0v) is 13.3. The SMILES string of the molecule is O=C(CCCSc1ccc(Cl)cc1)NCc1ccccc1. The summed E-state index contributed by atoms with van der Waals surface area (Å²) in [5, 5.41) is 3.69. The van der Waals surface area contributed by atoms with E-state index in [2.05, 4.69) is 5.32 Å². The van der Waals surface area contributed by atoms with Crippen LogP contribution in [0.4, 0.5) is 0 Å². The van der Waals surface area contributed by atoms with Gasteiger partial charge in [0, 0.05) is 22.9 Å². The number of hydrogen-bond acceptors (Lipinski definition) is 2. The maximum Gasteiger partial charge on any atom is 0.220 e. The Hall–Kier alpha value is -1.45. The van der Waals surface area contributed by atoms with Crippen molar-refractivity contribution in [3.8, 4) is 0 Å². The average molecular weight is 320 g/mol. The van der Waals surface area contributed by atoms with Gasteiger partial charge in [0.1, 0.15) is 0 Å². The van der Waals surface area contributed by atoms with Crippen LogP contribution in [0.25, 0.3) is 0 Å². The van der Waals surface area contributed by atoms with Crippen LogP contribution in [0, 0.1) is 0 Å². The van der Waals surface area contributed by atoms with Crippen LogP contribution in [0.2, 0.25) is 5.02 Å². The van der Waals surface area contributed by atoms with Gasteiger partial charge in [0.2, 0.25) is 5.91 Å². The van der Waals surface area contributed by atoms with Gasteiger partial charge in [-0.15, -0.1) is 11.8 Å². The molecule has 1 N–H and O–H groups in total. The first-order valence-corrected chi connectivity index (χ1v) is 8.29. The van der Waals surface area contributed by atoms with Gasteiger partial charge in [-0.25, -0.2) is 0 Å². The molecule has 0 saturated heterocycles. The molecule has 0 aliphatic heterocycles. The first kappa shape index (κ1) is 15.9. The van der Waals surface area contributed by atoms with Crippen molar-refractivity contribution >= 4 is 29.3 Å². The van der Waals surface area contributed by atoms with E-state index in [9.17, 15) is 4.79 Å². The monoisotopic (exact) mass is 319 g/mol. The first-order valence-electron chi connectivity index (χ1n) is 6.93. The van der Waals surface area contributed by atoms with Crippen LogP contribution in [-0.4, -0.2) is 11.7 Å². The van der Waals surface area contributed by atoms with E-state index in [0.29, 0.717) is 13.0 Å². The van der Waals surface area contributed by atoms with Crippen LogP contribution >= 0.6 is 23.4 Å². The third kappa shape index (κ3) is 6.23. The van der Waals surface area contributed by atoms with Crippen molar-refractivity contribution in [2.24, 2.45) is 0 Å². The topological polar surface area (TPSA) is 29.1 Å². The molecule has 0 aliphatic rings. The standard InChI is InChI=1S/C17H18ClNOS/c18-15-8-10-16(11-9-15)21-12-4-7-17(20)19-13-14-5-2-1-3-6-14/h1-3,5-6,8-11H,4,7,12-13H2,(H,19,20). The molecular formula is C17H18ClNOS. The number of thioether (sulfide) groups is 1. The predicted octanol–water partition coefficient (Wildman–Crippen LogP) is 4.53. The molecule has 4 heteroatoms. The highest BCUT2D eigenvalue weighted by Gasteiger charge is 2.02. The fourth-order valence-electron chi connectivity index (χ4n) is 1.84. The second-order valence-corrected chi connectivity index (χ2v) is 6.27. The fourth-order valence-corrected chi connectivity index (χ4v) is 2.82. The molecule has 0 atom stereocenters. The molecule has 0 aromatic heterocycles. The minimum Gasteiger partial charge on any atom is -0.352 e. The summed E-state index contributed by atoms with van der Waals surface area (Å²) in [6, 6.07) is 17.7. The van der Waals surface area contributed by atoms with Crippen molar-refractivity contribution in [2.45, 2.75) is 24.3 Å². The van der Waals surface area contributed by atoms with E-state index in [-0.39, 0.29) is 5.91 Å². The van der Waals surface area contributed by atoms with E-state index in [1.54, 1.807) is 11.8 Å². The first-order chi connectivity index (χ1) is 10.2. The maximum absolute atomic E-state index is 11.7. The summed E-state index contributed by atoms with van der Waals surface area (Å²) in [5.41, 5.74) is 1.13. The molecule has 0 fully saturated rings. The summed E-state index contributed by atoms with van der Waals surface area (Å²) < 4.78 is 0. The van der Waals surface area contributed by atoms with Crippen LogP contribution in [0.15, 0.2) is 59.5 Å². The van der Waals surface area contributed by atoms with Gasteiger partial charge >= 0.3 is 0 Å². The summed E-state index contributed by atoms with van der Waals surface area (Å²) in [4.78, 5) is 12.9. The van der Waals surface area contributed by atoms with Crippen molar-refractivity contribution in [1.29, 1.82) is 0 Å². The molecule has 1 amide bonds. The molecule has 0 aliphatic carbocycles. The average Bonchev–Trinajstić information content (AvgIpc) is 2.52. The summed E-state index contributed by atoms with van der Waals surface area (Å²) in [6.07, 6.45) is 1.43. The molecule has 0 radical (unpaired) electrons. The Balaban J connectivity index is 1.60. The largest absolute Gasteiger partial charge is 0.352 e. The van der Waals surface area contributed by atoms with Gasteiger partial charge in [-0.1, -0.05) is 41.9 Å². The summed E-state index contributed by atoms with van der Waals surface area (Å²) in [6.45, 7) is 0.601. The third-order valence-electron chi connectivity index (χ3n) is 2.96. The van der Waals surface area contributed by atoms with E-state index in [1.165, 1.54) is 4.90 Å². The lowest BCUT2D eigenvalue weighted by Gasteiger charge is -2.05. The van der Waals surface area contributed by atoms with Crippen molar-refractivity contribution in [2.75, 3.05) is 5.75 Å². The Morgan fingerprint density at radius 2 is 1.76 bits per heavy atom. The number of hydrogen-bond donors (Lipinski definition) is 1. The molecule has 0 unspecified atom stereocenters.